The molecule has 0 aliphatic heterocycles. The molecule has 3 aromatic carbocycles. The van der Waals surface area contributed by atoms with Crippen molar-refractivity contribution >= 4 is 39.3 Å². The van der Waals surface area contributed by atoms with Crippen LogP contribution in [0.2, 0.25) is 5.02 Å². The Kier molecular flexibility index (Phi) is 5.90. The molecule has 0 aliphatic rings. The fraction of sp³-hybridized carbons (Fsp3) is 0.148. The van der Waals surface area contributed by atoms with Gasteiger partial charge in [-0.2, -0.15) is 5.10 Å². The smallest absolute Gasteiger partial charge is 0.291 e. The van der Waals surface area contributed by atoms with Crippen molar-refractivity contribution in [3.63, 3.8) is 0 Å². The second-order valence-corrected chi connectivity index (χ2v) is 8.80. The number of carbonyl (C=O) groups is 1. The molecule has 0 spiro atoms. The fourth-order valence-corrected chi connectivity index (χ4v) is 4.27. The predicted molar refractivity (Wildman–Crippen MR) is 135 cm³/mol. The standard InChI is InChI=1S/C27H23ClN4O2/c1-18-6-8-19(9-7-18)14-29-25(33)17-32-27(34)26-23(15-30-32)22-4-2-3-5-24(22)31(26)16-20-10-12-21(28)13-11-20/h2-13,15H,14,16-17H2,1H3,(H,29,33). The number of nitrogens with one attached hydrogen (secondary N) is 1. The highest BCUT2D eigenvalue weighted by molar-refractivity contribution is 6.30. The molecule has 0 radical (unpaired) electrons. The number of hydrogen-bond donors (Lipinski definition) is 1. The number of nitrogens with zero attached hydrogens (tertiary/aromatic N) is 3. The summed E-state index contributed by atoms with van der Waals surface area (Å²) in [5.41, 5.74) is 4.34. The lowest BCUT2D eigenvalue weighted by Crippen LogP contribution is -2.33. The average Bonchev–Trinajstić information content (AvgIpc) is 3.16. The summed E-state index contributed by atoms with van der Waals surface area (Å²) in [6.45, 7) is 2.76. The van der Waals surface area contributed by atoms with Crippen molar-refractivity contribution in [1.82, 2.24) is 19.7 Å². The second kappa shape index (κ2) is 9.15. The summed E-state index contributed by atoms with van der Waals surface area (Å²) in [7, 11) is 0. The number of halogens is 1. The normalized spacial score (nSPS) is 11.2. The van der Waals surface area contributed by atoms with Gasteiger partial charge < -0.3 is 9.88 Å². The number of carbonyl (C=O) groups excluding carboxylic acids is 1. The van der Waals surface area contributed by atoms with Crippen molar-refractivity contribution in [1.29, 1.82) is 0 Å². The molecule has 0 saturated carbocycles. The van der Waals surface area contributed by atoms with Crippen LogP contribution in [0.1, 0.15) is 16.7 Å². The van der Waals surface area contributed by atoms with Crippen LogP contribution in [0, 0.1) is 6.92 Å². The number of benzene rings is 3. The van der Waals surface area contributed by atoms with E-state index in [1.54, 1.807) is 6.20 Å². The number of rotatable bonds is 6. The molecular formula is C27H23ClN4O2. The maximum absolute atomic E-state index is 13.5. The van der Waals surface area contributed by atoms with Crippen molar-refractivity contribution in [3.05, 3.63) is 111 Å². The number of amides is 1. The average molecular weight is 471 g/mol. The van der Waals surface area contributed by atoms with E-state index >= 15 is 0 Å². The Labute approximate surface area is 201 Å². The molecule has 6 nitrogen and oxygen atoms in total. The minimum Gasteiger partial charge on any atom is -0.350 e. The quantitative estimate of drug-likeness (QED) is 0.392. The van der Waals surface area contributed by atoms with Gasteiger partial charge in [0.05, 0.1) is 6.20 Å². The summed E-state index contributed by atoms with van der Waals surface area (Å²) in [6.07, 6.45) is 1.67. The Morgan fingerprint density at radius 1 is 0.941 bits per heavy atom. The van der Waals surface area contributed by atoms with Crippen LogP contribution in [0.5, 0.6) is 0 Å². The lowest BCUT2D eigenvalue weighted by atomic mass is 10.1. The minimum atomic E-state index is -0.298. The molecule has 0 atom stereocenters. The summed E-state index contributed by atoms with van der Waals surface area (Å²) in [5, 5.41) is 9.56. The van der Waals surface area contributed by atoms with Gasteiger partial charge in [-0.3, -0.25) is 9.59 Å². The Morgan fingerprint density at radius 3 is 2.41 bits per heavy atom. The lowest BCUT2D eigenvalue weighted by Gasteiger charge is -2.10. The van der Waals surface area contributed by atoms with Crippen molar-refractivity contribution in [3.8, 4) is 0 Å². The first-order chi connectivity index (χ1) is 16.5. The lowest BCUT2D eigenvalue weighted by molar-refractivity contribution is -0.122. The Bertz CT molecular complexity index is 1550. The van der Waals surface area contributed by atoms with E-state index in [0.717, 1.165) is 33.0 Å². The molecule has 2 heterocycles. The van der Waals surface area contributed by atoms with E-state index in [4.69, 9.17) is 11.6 Å². The van der Waals surface area contributed by atoms with Crippen LogP contribution >= 0.6 is 11.6 Å². The predicted octanol–water partition coefficient (Wildman–Crippen LogP) is 4.68. The molecular weight excluding hydrogens is 448 g/mol. The summed E-state index contributed by atoms with van der Waals surface area (Å²) in [4.78, 5) is 26.1. The van der Waals surface area contributed by atoms with Gasteiger partial charge >= 0.3 is 0 Å². The first-order valence-electron chi connectivity index (χ1n) is 11.0. The van der Waals surface area contributed by atoms with Crippen LogP contribution in [-0.4, -0.2) is 20.3 Å². The highest BCUT2D eigenvalue weighted by Crippen LogP contribution is 2.27. The van der Waals surface area contributed by atoms with Crippen LogP contribution in [0.3, 0.4) is 0 Å². The van der Waals surface area contributed by atoms with E-state index < -0.39 is 0 Å². The second-order valence-electron chi connectivity index (χ2n) is 8.36. The van der Waals surface area contributed by atoms with Gasteiger partial charge in [0.15, 0.2) is 0 Å². The highest BCUT2D eigenvalue weighted by Gasteiger charge is 2.17. The molecule has 0 unspecified atom stereocenters. The summed E-state index contributed by atoms with van der Waals surface area (Å²) < 4.78 is 3.21. The van der Waals surface area contributed by atoms with Crippen molar-refractivity contribution in [2.24, 2.45) is 0 Å². The summed E-state index contributed by atoms with van der Waals surface area (Å²) in [5.74, 6) is -0.269. The first kappa shape index (κ1) is 21.9. The third-order valence-electron chi connectivity index (χ3n) is 5.93. The number of para-hydroxylation sites is 1. The van der Waals surface area contributed by atoms with E-state index in [2.05, 4.69) is 10.4 Å². The molecule has 5 rings (SSSR count). The number of fused-ring (bicyclic) bond motifs is 3. The Balaban J connectivity index is 1.48. The van der Waals surface area contributed by atoms with E-state index in [0.29, 0.717) is 23.6 Å². The van der Waals surface area contributed by atoms with Crippen LogP contribution in [0.25, 0.3) is 21.8 Å². The van der Waals surface area contributed by atoms with Gasteiger partial charge in [-0.25, -0.2) is 4.68 Å². The molecule has 2 aromatic heterocycles. The van der Waals surface area contributed by atoms with E-state index in [1.165, 1.54) is 4.68 Å². The molecule has 0 aliphatic carbocycles. The van der Waals surface area contributed by atoms with Gasteiger partial charge in [-0.05, 0) is 36.2 Å². The number of aryl methyl sites for hydroxylation is 1. The highest BCUT2D eigenvalue weighted by atomic mass is 35.5. The van der Waals surface area contributed by atoms with Gasteiger partial charge in [0, 0.05) is 34.4 Å². The molecule has 170 valence electrons. The van der Waals surface area contributed by atoms with E-state index in [1.807, 2.05) is 84.3 Å². The minimum absolute atomic E-state index is 0.150. The molecule has 0 fully saturated rings. The summed E-state index contributed by atoms with van der Waals surface area (Å²) in [6, 6.07) is 23.4. The zero-order valence-corrected chi connectivity index (χ0v) is 19.4. The number of aromatic nitrogens is 3. The monoisotopic (exact) mass is 470 g/mol. The maximum Gasteiger partial charge on any atom is 0.291 e. The maximum atomic E-state index is 13.5. The van der Waals surface area contributed by atoms with Gasteiger partial charge in [0.1, 0.15) is 12.1 Å². The van der Waals surface area contributed by atoms with Gasteiger partial charge in [0.2, 0.25) is 5.91 Å². The number of hydrogen-bond acceptors (Lipinski definition) is 3. The topological polar surface area (TPSA) is 68.9 Å². The molecule has 0 bridgehead atoms. The Hall–Kier alpha value is -3.90. The molecule has 1 amide bonds. The van der Waals surface area contributed by atoms with E-state index in [9.17, 15) is 9.59 Å². The van der Waals surface area contributed by atoms with Crippen LogP contribution in [0.4, 0.5) is 0 Å². The zero-order valence-electron chi connectivity index (χ0n) is 18.7. The third-order valence-corrected chi connectivity index (χ3v) is 6.18. The summed E-state index contributed by atoms with van der Waals surface area (Å²) >= 11 is 6.04. The molecule has 7 heteroatoms. The molecule has 5 aromatic rings. The van der Waals surface area contributed by atoms with Gasteiger partial charge in [-0.1, -0.05) is 71.8 Å². The Morgan fingerprint density at radius 2 is 1.65 bits per heavy atom. The van der Waals surface area contributed by atoms with Crippen molar-refractivity contribution in [2.75, 3.05) is 0 Å². The zero-order chi connectivity index (χ0) is 23.7. The van der Waals surface area contributed by atoms with Gasteiger partial charge in [0.25, 0.3) is 5.56 Å². The third kappa shape index (κ3) is 4.32. The van der Waals surface area contributed by atoms with E-state index in [-0.39, 0.29) is 18.0 Å². The van der Waals surface area contributed by atoms with Crippen molar-refractivity contribution in [2.45, 2.75) is 26.6 Å². The van der Waals surface area contributed by atoms with Crippen molar-refractivity contribution < 1.29 is 4.79 Å². The van der Waals surface area contributed by atoms with Crippen LogP contribution < -0.4 is 10.9 Å². The van der Waals surface area contributed by atoms with Gasteiger partial charge in [-0.15, -0.1) is 0 Å². The fourth-order valence-electron chi connectivity index (χ4n) is 4.14. The largest absolute Gasteiger partial charge is 0.350 e. The molecule has 1 N–H and O–H groups in total. The SMILES string of the molecule is Cc1ccc(CNC(=O)Cn2ncc3c4ccccc4n(Cc4ccc(Cl)cc4)c3c2=O)cc1. The van der Waals surface area contributed by atoms with Crippen LogP contribution in [-0.2, 0) is 24.4 Å². The molecule has 0 saturated heterocycles. The molecule has 34 heavy (non-hydrogen) atoms. The van der Waals surface area contributed by atoms with Crippen LogP contribution in [0.15, 0.2) is 83.8 Å². The first-order valence-corrected chi connectivity index (χ1v) is 11.4.